The number of ether oxygens (including phenoxy) is 1. The van der Waals surface area contributed by atoms with Crippen LogP contribution in [0.25, 0.3) is 0 Å². The van der Waals surface area contributed by atoms with Crippen molar-refractivity contribution in [3.63, 3.8) is 0 Å². The summed E-state index contributed by atoms with van der Waals surface area (Å²) in [7, 11) is 0. The van der Waals surface area contributed by atoms with Gasteiger partial charge in [-0.3, -0.25) is 9.59 Å². The number of carbonyl (C=O) groups excluding carboxylic acids is 2. The minimum absolute atomic E-state index is 0.182. The van der Waals surface area contributed by atoms with Gasteiger partial charge in [-0.1, -0.05) is 0 Å². The van der Waals surface area contributed by atoms with E-state index in [0.717, 1.165) is 4.90 Å². The van der Waals surface area contributed by atoms with Gasteiger partial charge >= 0.3 is 12.1 Å². The first-order valence-corrected chi connectivity index (χ1v) is 5.31. The van der Waals surface area contributed by atoms with E-state index in [-0.39, 0.29) is 24.5 Å². The maximum absolute atomic E-state index is 11.4. The van der Waals surface area contributed by atoms with Gasteiger partial charge in [-0.05, 0) is 25.7 Å². The Hall–Kier alpha value is -1.59. The molecule has 2 aliphatic rings. The van der Waals surface area contributed by atoms with Crippen molar-refractivity contribution in [2.24, 2.45) is 5.92 Å². The van der Waals surface area contributed by atoms with Gasteiger partial charge in [-0.25, -0.2) is 9.69 Å². The highest BCUT2D eigenvalue weighted by atomic mass is 16.6. The number of rotatable bonds is 2. The molecule has 1 N–H and O–H groups in total. The summed E-state index contributed by atoms with van der Waals surface area (Å²) in [6, 6.07) is -0.182. The van der Waals surface area contributed by atoms with Gasteiger partial charge in [0.2, 0.25) is 0 Å². The summed E-state index contributed by atoms with van der Waals surface area (Å²) >= 11 is 0. The second-order valence-electron chi connectivity index (χ2n) is 4.16. The zero-order valence-electron chi connectivity index (χ0n) is 8.72. The third-order valence-corrected chi connectivity index (χ3v) is 3.20. The summed E-state index contributed by atoms with van der Waals surface area (Å²) in [5, 5.41) is 8.82. The van der Waals surface area contributed by atoms with E-state index in [2.05, 4.69) is 4.74 Å². The lowest BCUT2D eigenvalue weighted by atomic mass is 9.85. The summed E-state index contributed by atoms with van der Waals surface area (Å²) in [6.45, 7) is -0.183. The average Bonchev–Trinajstić information content (AvgIpc) is 2.59. The molecule has 2 fully saturated rings. The molecular formula is C10H13NO5. The molecule has 0 aromatic carbocycles. The lowest BCUT2D eigenvalue weighted by Crippen LogP contribution is -2.42. The molecule has 1 heterocycles. The highest BCUT2D eigenvalue weighted by Gasteiger charge is 2.39. The molecule has 0 unspecified atom stereocenters. The Kier molecular flexibility index (Phi) is 2.80. The molecule has 0 bridgehead atoms. The maximum atomic E-state index is 11.4. The normalized spacial score (nSPS) is 30.4. The Morgan fingerprint density at radius 2 is 1.88 bits per heavy atom. The van der Waals surface area contributed by atoms with Gasteiger partial charge in [0, 0.05) is 6.04 Å². The molecule has 16 heavy (non-hydrogen) atoms. The van der Waals surface area contributed by atoms with E-state index < -0.39 is 12.1 Å². The standard InChI is InChI=1S/C10H13NO5/c12-8-5-16-10(15)11(8)7-3-1-6(2-4-7)9(13)14/h6-7H,1-5H2,(H,13,14)/t6-,7-. The van der Waals surface area contributed by atoms with Gasteiger partial charge in [0.05, 0.1) is 5.92 Å². The second-order valence-corrected chi connectivity index (χ2v) is 4.16. The summed E-state index contributed by atoms with van der Waals surface area (Å²) in [6.07, 6.45) is 1.53. The summed E-state index contributed by atoms with van der Waals surface area (Å²) in [4.78, 5) is 34.5. The Morgan fingerprint density at radius 3 is 2.31 bits per heavy atom. The molecule has 0 spiro atoms. The maximum Gasteiger partial charge on any atom is 0.417 e. The van der Waals surface area contributed by atoms with E-state index >= 15 is 0 Å². The van der Waals surface area contributed by atoms with Crippen LogP contribution in [0.4, 0.5) is 4.79 Å². The van der Waals surface area contributed by atoms with Crippen LogP contribution < -0.4 is 0 Å². The molecule has 1 saturated heterocycles. The van der Waals surface area contributed by atoms with Crippen LogP contribution in [0.2, 0.25) is 0 Å². The molecule has 0 aromatic rings. The largest absolute Gasteiger partial charge is 0.481 e. The number of amides is 2. The molecule has 0 radical (unpaired) electrons. The molecule has 2 rings (SSSR count). The Bertz CT molecular complexity index is 316. The predicted octanol–water partition coefficient (Wildman–Crippen LogP) is 0.609. The minimum Gasteiger partial charge on any atom is -0.481 e. The molecule has 88 valence electrons. The lowest BCUT2D eigenvalue weighted by molar-refractivity contribution is -0.143. The van der Waals surface area contributed by atoms with Crippen molar-refractivity contribution in [1.82, 2.24) is 4.90 Å². The van der Waals surface area contributed by atoms with Crippen molar-refractivity contribution < 1.29 is 24.2 Å². The van der Waals surface area contributed by atoms with E-state index in [1.54, 1.807) is 0 Å². The third kappa shape index (κ3) is 1.87. The van der Waals surface area contributed by atoms with Crippen molar-refractivity contribution in [3.05, 3.63) is 0 Å². The molecular weight excluding hydrogens is 214 g/mol. The van der Waals surface area contributed by atoms with Gasteiger partial charge in [-0.2, -0.15) is 0 Å². The Labute approximate surface area is 92.2 Å². The van der Waals surface area contributed by atoms with Crippen molar-refractivity contribution in [3.8, 4) is 0 Å². The first-order valence-electron chi connectivity index (χ1n) is 5.31. The van der Waals surface area contributed by atoms with Gasteiger partial charge in [0.15, 0.2) is 6.61 Å². The van der Waals surface area contributed by atoms with Gasteiger partial charge in [-0.15, -0.1) is 0 Å². The fourth-order valence-electron chi connectivity index (χ4n) is 2.30. The van der Waals surface area contributed by atoms with Crippen LogP contribution in [0.15, 0.2) is 0 Å². The topological polar surface area (TPSA) is 83.9 Å². The van der Waals surface area contributed by atoms with E-state index in [9.17, 15) is 14.4 Å². The Morgan fingerprint density at radius 1 is 1.25 bits per heavy atom. The predicted molar refractivity (Wildman–Crippen MR) is 51.6 cm³/mol. The first-order chi connectivity index (χ1) is 7.59. The van der Waals surface area contributed by atoms with Crippen LogP contribution in [-0.2, 0) is 14.3 Å². The fourth-order valence-corrected chi connectivity index (χ4v) is 2.30. The highest BCUT2D eigenvalue weighted by molar-refractivity contribution is 5.98. The molecule has 0 atom stereocenters. The van der Waals surface area contributed by atoms with Crippen molar-refractivity contribution in [1.29, 1.82) is 0 Å². The van der Waals surface area contributed by atoms with Gasteiger partial charge < -0.3 is 9.84 Å². The third-order valence-electron chi connectivity index (χ3n) is 3.20. The van der Waals surface area contributed by atoms with Gasteiger partial charge in [0.25, 0.3) is 5.91 Å². The summed E-state index contributed by atoms with van der Waals surface area (Å²) < 4.78 is 4.63. The van der Waals surface area contributed by atoms with E-state index in [1.807, 2.05) is 0 Å². The van der Waals surface area contributed by atoms with E-state index in [1.165, 1.54) is 0 Å². The number of carboxylic acid groups (broad SMARTS) is 1. The number of carboxylic acids is 1. The van der Waals surface area contributed by atoms with Crippen LogP contribution in [0.3, 0.4) is 0 Å². The van der Waals surface area contributed by atoms with Crippen molar-refractivity contribution in [2.45, 2.75) is 31.7 Å². The quantitative estimate of drug-likeness (QED) is 0.747. The molecule has 1 aliphatic carbocycles. The molecule has 6 heteroatoms. The summed E-state index contributed by atoms with van der Waals surface area (Å²) in [5.74, 6) is -1.46. The number of aliphatic carboxylic acids is 1. The number of cyclic esters (lactones) is 1. The lowest BCUT2D eigenvalue weighted by Gasteiger charge is -2.30. The second kappa shape index (κ2) is 4.11. The molecule has 6 nitrogen and oxygen atoms in total. The number of carbonyl (C=O) groups is 3. The average molecular weight is 227 g/mol. The Balaban J connectivity index is 1.96. The van der Waals surface area contributed by atoms with Crippen LogP contribution >= 0.6 is 0 Å². The SMILES string of the molecule is O=C1COC(=O)N1[C@H]1CC[C@H](C(=O)O)CC1. The van der Waals surface area contributed by atoms with Crippen LogP contribution in [-0.4, -0.2) is 40.6 Å². The summed E-state index contributed by atoms with van der Waals surface area (Å²) in [5.41, 5.74) is 0. The number of hydrogen-bond acceptors (Lipinski definition) is 4. The van der Waals surface area contributed by atoms with E-state index in [4.69, 9.17) is 5.11 Å². The number of hydrogen-bond donors (Lipinski definition) is 1. The minimum atomic E-state index is -0.797. The molecule has 2 amide bonds. The monoisotopic (exact) mass is 227 g/mol. The zero-order chi connectivity index (χ0) is 11.7. The van der Waals surface area contributed by atoms with Crippen LogP contribution in [0, 0.1) is 5.92 Å². The van der Waals surface area contributed by atoms with Crippen LogP contribution in [0.5, 0.6) is 0 Å². The molecule has 1 aliphatic heterocycles. The van der Waals surface area contributed by atoms with E-state index in [0.29, 0.717) is 25.7 Å². The first kappa shape index (κ1) is 10.9. The van der Waals surface area contributed by atoms with Gasteiger partial charge in [0.1, 0.15) is 0 Å². The highest BCUT2D eigenvalue weighted by Crippen LogP contribution is 2.29. The number of nitrogens with zero attached hydrogens (tertiary/aromatic N) is 1. The molecule has 1 saturated carbocycles. The fraction of sp³-hybridized carbons (Fsp3) is 0.700. The zero-order valence-corrected chi connectivity index (χ0v) is 8.72. The smallest absolute Gasteiger partial charge is 0.417 e. The van der Waals surface area contributed by atoms with Crippen molar-refractivity contribution in [2.75, 3.05) is 6.61 Å². The van der Waals surface area contributed by atoms with Crippen LogP contribution in [0.1, 0.15) is 25.7 Å². The van der Waals surface area contributed by atoms with Crippen molar-refractivity contribution >= 4 is 18.0 Å². The molecule has 0 aromatic heterocycles. The number of imide groups is 1.